The van der Waals surface area contributed by atoms with E-state index in [2.05, 4.69) is 10.3 Å². The van der Waals surface area contributed by atoms with Crippen LogP contribution in [0.15, 0.2) is 53.5 Å². The summed E-state index contributed by atoms with van der Waals surface area (Å²) in [6, 6.07) is 14.5. The van der Waals surface area contributed by atoms with Crippen molar-refractivity contribution < 1.29 is 23.8 Å². The molecule has 1 fully saturated rings. The molecule has 1 saturated heterocycles. The Balaban J connectivity index is 1.73. The minimum absolute atomic E-state index is 0.00990. The maximum absolute atomic E-state index is 13.0. The van der Waals surface area contributed by atoms with Crippen molar-refractivity contribution in [1.82, 2.24) is 4.90 Å². The van der Waals surface area contributed by atoms with Crippen LogP contribution in [0, 0.1) is 0 Å². The number of anilines is 1. The van der Waals surface area contributed by atoms with E-state index >= 15 is 0 Å². The molecular weight excluding hydrogens is 418 g/mol. The summed E-state index contributed by atoms with van der Waals surface area (Å²) >= 11 is 1.29. The zero-order valence-electron chi connectivity index (χ0n) is 17.7. The molecule has 1 aliphatic rings. The SMILES string of the molecule is COCCN1C(=O)C(CC(=O)Nc2ccc(OC)cc2OC)SC1=Nc1ccccc1. The number of benzene rings is 2. The number of para-hydroxylation sites is 1. The lowest BCUT2D eigenvalue weighted by Crippen LogP contribution is -2.35. The molecule has 2 aromatic rings. The molecule has 0 aliphatic carbocycles. The zero-order chi connectivity index (χ0) is 22.2. The summed E-state index contributed by atoms with van der Waals surface area (Å²) in [5.41, 5.74) is 1.26. The van der Waals surface area contributed by atoms with Crippen LogP contribution in [0.5, 0.6) is 11.5 Å². The number of hydrogen-bond acceptors (Lipinski definition) is 7. The zero-order valence-corrected chi connectivity index (χ0v) is 18.5. The molecular formula is C22H25N3O5S. The average Bonchev–Trinajstić information content (AvgIpc) is 3.06. The van der Waals surface area contributed by atoms with Crippen molar-refractivity contribution in [3.8, 4) is 11.5 Å². The topological polar surface area (TPSA) is 89.5 Å². The first-order chi connectivity index (χ1) is 15.0. The van der Waals surface area contributed by atoms with E-state index < -0.39 is 5.25 Å². The molecule has 0 saturated carbocycles. The number of hydrogen-bond donors (Lipinski definition) is 1. The number of amides is 2. The van der Waals surface area contributed by atoms with Gasteiger partial charge in [0.2, 0.25) is 11.8 Å². The molecule has 8 nitrogen and oxygen atoms in total. The van der Waals surface area contributed by atoms with Gasteiger partial charge in [0.1, 0.15) is 16.7 Å². The Bertz CT molecular complexity index is 951. The summed E-state index contributed by atoms with van der Waals surface area (Å²) in [4.78, 5) is 31.8. The van der Waals surface area contributed by atoms with Crippen molar-refractivity contribution in [1.29, 1.82) is 0 Å². The van der Waals surface area contributed by atoms with Gasteiger partial charge in [-0.3, -0.25) is 14.5 Å². The molecule has 164 valence electrons. The van der Waals surface area contributed by atoms with Crippen LogP contribution in [-0.4, -0.2) is 61.6 Å². The lowest BCUT2D eigenvalue weighted by Gasteiger charge is -2.16. The molecule has 31 heavy (non-hydrogen) atoms. The van der Waals surface area contributed by atoms with Crippen LogP contribution in [0.3, 0.4) is 0 Å². The van der Waals surface area contributed by atoms with E-state index in [0.717, 1.165) is 5.69 Å². The van der Waals surface area contributed by atoms with E-state index in [4.69, 9.17) is 14.2 Å². The molecule has 1 aliphatic heterocycles. The van der Waals surface area contributed by atoms with Crippen molar-refractivity contribution in [2.75, 3.05) is 39.8 Å². The molecule has 2 amide bonds. The second kappa shape index (κ2) is 10.8. The van der Waals surface area contributed by atoms with Gasteiger partial charge in [0.05, 0.1) is 38.7 Å². The van der Waals surface area contributed by atoms with Crippen molar-refractivity contribution >= 4 is 40.1 Å². The summed E-state index contributed by atoms with van der Waals surface area (Å²) in [6.07, 6.45) is 0.00990. The molecule has 1 N–H and O–H groups in total. The van der Waals surface area contributed by atoms with E-state index in [9.17, 15) is 9.59 Å². The number of carbonyl (C=O) groups is 2. The van der Waals surface area contributed by atoms with Crippen LogP contribution in [0.1, 0.15) is 6.42 Å². The molecule has 0 radical (unpaired) electrons. The van der Waals surface area contributed by atoms with E-state index in [-0.39, 0.29) is 18.2 Å². The lowest BCUT2D eigenvalue weighted by atomic mass is 10.2. The summed E-state index contributed by atoms with van der Waals surface area (Å²) in [5.74, 6) is 0.647. The molecule has 0 spiro atoms. The van der Waals surface area contributed by atoms with Gasteiger partial charge in [-0.2, -0.15) is 0 Å². The summed E-state index contributed by atoms with van der Waals surface area (Å²) in [6.45, 7) is 0.750. The van der Waals surface area contributed by atoms with Crippen molar-refractivity contribution in [2.45, 2.75) is 11.7 Å². The number of rotatable bonds is 9. The second-order valence-corrected chi connectivity index (χ2v) is 7.81. The fourth-order valence-corrected chi connectivity index (χ4v) is 4.18. The second-order valence-electron chi connectivity index (χ2n) is 6.64. The predicted octanol–water partition coefficient (Wildman–Crippen LogP) is 3.31. The average molecular weight is 444 g/mol. The highest BCUT2D eigenvalue weighted by Gasteiger charge is 2.39. The first kappa shape index (κ1) is 22.6. The Morgan fingerprint density at radius 2 is 1.90 bits per heavy atom. The van der Waals surface area contributed by atoms with E-state index in [1.165, 1.54) is 18.9 Å². The number of nitrogens with zero attached hydrogens (tertiary/aromatic N) is 2. The summed E-state index contributed by atoms with van der Waals surface area (Å²) in [7, 11) is 4.65. The molecule has 9 heteroatoms. The third-order valence-electron chi connectivity index (χ3n) is 4.57. The van der Waals surface area contributed by atoms with Crippen molar-refractivity contribution in [2.24, 2.45) is 4.99 Å². The normalized spacial score (nSPS) is 17.1. The third-order valence-corrected chi connectivity index (χ3v) is 5.75. The number of aliphatic imine (C=N–C) groups is 1. The van der Waals surface area contributed by atoms with Gasteiger partial charge in [-0.05, 0) is 24.3 Å². The van der Waals surface area contributed by atoms with Crippen LogP contribution in [-0.2, 0) is 14.3 Å². The predicted molar refractivity (Wildman–Crippen MR) is 121 cm³/mol. The lowest BCUT2D eigenvalue weighted by molar-refractivity contribution is -0.128. The number of ether oxygens (including phenoxy) is 3. The maximum Gasteiger partial charge on any atom is 0.242 e. The van der Waals surface area contributed by atoms with E-state index in [1.54, 1.807) is 37.3 Å². The van der Waals surface area contributed by atoms with Gasteiger partial charge >= 0.3 is 0 Å². The number of methoxy groups -OCH3 is 3. The van der Waals surface area contributed by atoms with Gasteiger partial charge in [-0.1, -0.05) is 30.0 Å². The Hall–Kier alpha value is -3.04. The monoisotopic (exact) mass is 443 g/mol. The first-order valence-electron chi connectivity index (χ1n) is 9.68. The third kappa shape index (κ3) is 5.77. The highest BCUT2D eigenvalue weighted by Crippen LogP contribution is 2.33. The molecule has 0 aromatic heterocycles. The standard InChI is InChI=1S/C22H25N3O5S/c1-28-12-11-25-21(27)19(31-22(25)23-15-7-5-4-6-8-15)14-20(26)24-17-10-9-16(29-2)13-18(17)30-3/h4-10,13,19H,11-12,14H2,1-3H3,(H,24,26). The number of carbonyl (C=O) groups excluding carboxylic acids is 2. The van der Waals surface area contributed by atoms with Gasteiger partial charge in [-0.25, -0.2) is 4.99 Å². The maximum atomic E-state index is 13.0. The van der Waals surface area contributed by atoms with Crippen molar-refractivity contribution in [3.05, 3.63) is 48.5 Å². The minimum Gasteiger partial charge on any atom is -0.497 e. The Morgan fingerprint density at radius 1 is 1.13 bits per heavy atom. The summed E-state index contributed by atoms with van der Waals surface area (Å²) in [5, 5.41) is 2.81. The minimum atomic E-state index is -0.566. The van der Waals surface area contributed by atoms with Crippen LogP contribution in [0.2, 0.25) is 0 Å². The molecule has 3 rings (SSSR count). The van der Waals surface area contributed by atoms with Crippen molar-refractivity contribution in [3.63, 3.8) is 0 Å². The van der Waals surface area contributed by atoms with Gasteiger partial charge in [0, 0.05) is 19.6 Å². The fourth-order valence-electron chi connectivity index (χ4n) is 3.00. The number of thioether (sulfide) groups is 1. The number of amidine groups is 1. The van der Waals surface area contributed by atoms with Gasteiger partial charge in [0.15, 0.2) is 5.17 Å². The molecule has 1 unspecified atom stereocenters. The number of nitrogens with one attached hydrogen (secondary N) is 1. The highest BCUT2D eigenvalue weighted by atomic mass is 32.2. The Morgan fingerprint density at radius 3 is 2.58 bits per heavy atom. The molecule has 0 bridgehead atoms. The summed E-state index contributed by atoms with van der Waals surface area (Å²) < 4.78 is 15.6. The van der Waals surface area contributed by atoms with Crippen LogP contribution >= 0.6 is 11.8 Å². The quantitative estimate of drug-likeness (QED) is 0.640. The Kier molecular flexibility index (Phi) is 7.91. The molecule has 2 aromatic carbocycles. The van der Waals surface area contributed by atoms with Gasteiger partial charge in [-0.15, -0.1) is 0 Å². The van der Waals surface area contributed by atoms with Crippen LogP contribution in [0.4, 0.5) is 11.4 Å². The highest BCUT2D eigenvalue weighted by molar-refractivity contribution is 8.15. The van der Waals surface area contributed by atoms with Crippen LogP contribution < -0.4 is 14.8 Å². The smallest absolute Gasteiger partial charge is 0.242 e. The molecule has 1 heterocycles. The van der Waals surface area contributed by atoms with E-state index in [1.807, 2.05) is 30.3 Å². The Labute approximate surface area is 185 Å². The van der Waals surface area contributed by atoms with E-state index in [0.29, 0.717) is 35.5 Å². The van der Waals surface area contributed by atoms with Crippen LogP contribution in [0.25, 0.3) is 0 Å². The van der Waals surface area contributed by atoms with Gasteiger partial charge < -0.3 is 19.5 Å². The first-order valence-corrected chi connectivity index (χ1v) is 10.6. The fraction of sp³-hybridized carbons (Fsp3) is 0.318. The largest absolute Gasteiger partial charge is 0.497 e. The molecule has 1 atom stereocenters. The van der Waals surface area contributed by atoms with Gasteiger partial charge in [0.25, 0.3) is 0 Å².